The van der Waals surface area contributed by atoms with Gasteiger partial charge in [-0.15, -0.1) is 0 Å². The van der Waals surface area contributed by atoms with E-state index in [-0.39, 0.29) is 36.3 Å². The van der Waals surface area contributed by atoms with E-state index in [4.69, 9.17) is 23.2 Å². The van der Waals surface area contributed by atoms with Gasteiger partial charge in [-0.05, 0) is 49.8 Å². The molecule has 5 rings (SSSR count). The van der Waals surface area contributed by atoms with Crippen LogP contribution in [0.5, 0.6) is 0 Å². The molecule has 4 fully saturated rings. The molecule has 4 amide bonds. The largest absolute Gasteiger partial charge is 0.350 e. The average molecular weight is 537 g/mol. The Hall–Kier alpha value is -2.07. The molecule has 9 nitrogen and oxygen atoms in total. The van der Waals surface area contributed by atoms with E-state index in [1.165, 1.54) is 0 Å². The van der Waals surface area contributed by atoms with Gasteiger partial charge in [0.05, 0.1) is 22.6 Å². The lowest BCUT2D eigenvalue weighted by molar-refractivity contribution is -0.146. The van der Waals surface area contributed by atoms with Gasteiger partial charge in [-0.2, -0.15) is 0 Å². The van der Waals surface area contributed by atoms with Crippen molar-refractivity contribution in [2.45, 2.75) is 56.8 Å². The summed E-state index contributed by atoms with van der Waals surface area (Å²) in [5.74, 6) is -0.283. The second kappa shape index (κ2) is 11.1. The van der Waals surface area contributed by atoms with Crippen LogP contribution in [0.25, 0.3) is 0 Å². The molecule has 2 saturated carbocycles. The molecule has 1 aromatic carbocycles. The van der Waals surface area contributed by atoms with Gasteiger partial charge in [-0.25, -0.2) is 4.79 Å². The smallest absolute Gasteiger partial charge is 0.317 e. The van der Waals surface area contributed by atoms with E-state index >= 15 is 0 Å². The van der Waals surface area contributed by atoms with Crippen molar-refractivity contribution in [2.24, 2.45) is 5.92 Å². The molecule has 3 atom stereocenters. The lowest BCUT2D eigenvalue weighted by Gasteiger charge is -2.47. The molecule has 2 aliphatic carbocycles. The third kappa shape index (κ3) is 6.07. The minimum Gasteiger partial charge on any atom is -0.350 e. The van der Waals surface area contributed by atoms with Crippen LogP contribution in [0.3, 0.4) is 0 Å². The lowest BCUT2D eigenvalue weighted by atomic mass is 9.79. The molecule has 1 aromatic rings. The number of carbonyl (C=O) groups is 3. The van der Waals surface area contributed by atoms with E-state index in [2.05, 4.69) is 20.9 Å². The summed E-state index contributed by atoms with van der Waals surface area (Å²) in [5.41, 5.74) is 0.848. The molecule has 0 aromatic heterocycles. The predicted octanol–water partition coefficient (Wildman–Crippen LogP) is 2.03. The zero-order chi connectivity index (χ0) is 25.2. The van der Waals surface area contributed by atoms with Crippen molar-refractivity contribution < 1.29 is 14.4 Å². The van der Waals surface area contributed by atoms with Crippen LogP contribution in [0, 0.1) is 5.92 Å². The number of amides is 4. The predicted molar refractivity (Wildman–Crippen MR) is 138 cm³/mol. The van der Waals surface area contributed by atoms with E-state index in [1.807, 2.05) is 11.0 Å². The standard InChI is InChI=1S/C25H34Cl2N6O3/c26-20-5-1-16(11-21(20)27)13-28-23(34)14-33-15-29-22-6-4-18(12-19(22)24(33)35)31-7-9-32(10-8-31)25(36)30-17-2-3-17/h1,5,11,17-19,22,29H,2-4,6-10,12-15H2,(H,28,34)(H,30,36). The Balaban J connectivity index is 1.09. The maximum Gasteiger partial charge on any atom is 0.317 e. The van der Waals surface area contributed by atoms with Crippen LogP contribution in [0.4, 0.5) is 4.79 Å². The second-order valence-corrected chi connectivity index (χ2v) is 11.2. The van der Waals surface area contributed by atoms with Crippen molar-refractivity contribution in [1.29, 1.82) is 0 Å². The summed E-state index contributed by atoms with van der Waals surface area (Å²) in [6.45, 7) is 3.85. The zero-order valence-electron chi connectivity index (χ0n) is 20.3. The van der Waals surface area contributed by atoms with Crippen LogP contribution in [0.2, 0.25) is 10.0 Å². The summed E-state index contributed by atoms with van der Waals surface area (Å²) in [5, 5.41) is 10.3. The minimum atomic E-state index is -0.206. The van der Waals surface area contributed by atoms with Gasteiger partial charge in [0.1, 0.15) is 6.54 Å². The molecule has 2 heterocycles. The fourth-order valence-corrected chi connectivity index (χ4v) is 5.85. The molecule has 0 bridgehead atoms. The maximum absolute atomic E-state index is 13.3. The van der Waals surface area contributed by atoms with Crippen molar-refractivity contribution in [2.75, 3.05) is 39.4 Å². The Morgan fingerprint density at radius 2 is 1.81 bits per heavy atom. The van der Waals surface area contributed by atoms with Gasteiger partial charge in [0.25, 0.3) is 0 Å². The van der Waals surface area contributed by atoms with Gasteiger partial charge in [0.2, 0.25) is 11.8 Å². The summed E-state index contributed by atoms with van der Waals surface area (Å²) < 4.78 is 0. The molecule has 4 aliphatic rings. The SMILES string of the molecule is O=C(CN1CNC2CCC(N3CCN(C(=O)NC4CC4)CC3)CC2C1=O)NCc1ccc(Cl)c(Cl)c1. The molecule has 0 spiro atoms. The molecular formula is C25H34Cl2N6O3. The number of hydrogen-bond acceptors (Lipinski definition) is 5. The van der Waals surface area contributed by atoms with E-state index in [0.717, 1.165) is 63.8 Å². The van der Waals surface area contributed by atoms with E-state index < -0.39 is 0 Å². The molecular weight excluding hydrogens is 503 g/mol. The molecule has 2 aliphatic heterocycles. The normalized spacial score (nSPS) is 26.9. The summed E-state index contributed by atoms with van der Waals surface area (Å²) in [6, 6.07) is 6.16. The van der Waals surface area contributed by atoms with Gasteiger partial charge in [0.15, 0.2) is 0 Å². The number of rotatable bonds is 6. The van der Waals surface area contributed by atoms with Gasteiger partial charge in [-0.1, -0.05) is 29.3 Å². The van der Waals surface area contributed by atoms with E-state index in [9.17, 15) is 14.4 Å². The monoisotopic (exact) mass is 536 g/mol. The molecule has 0 radical (unpaired) electrons. The molecule has 11 heteroatoms. The van der Waals surface area contributed by atoms with Crippen molar-refractivity contribution in [3.05, 3.63) is 33.8 Å². The second-order valence-electron chi connectivity index (χ2n) is 10.4. The Kier molecular flexibility index (Phi) is 7.90. The molecule has 3 unspecified atom stereocenters. The van der Waals surface area contributed by atoms with Gasteiger partial charge >= 0.3 is 6.03 Å². The van der Waals surface area contributed by atoms with Gasteiger partial charge in [-0.3, -0.25) is 19.8 Å². The first-order valence-corrected chi connectivity index (χ1v) is 13.7. The molecule has 3 N–H and O–H groups in total. The highest BCUT2D eigenvalue weighted by Gasteiger charge is 2.43. The molecule has 36 heavy (non-hydrogen) atoms. The van der Waals surface area contributed by atoms with Gasteiger partial charge in [0, 0.05) is 50.8 Å². The number of nitrogens with one attached hydrogen (secondary N) is 3. The van der Waals surface area contributed by atoms with Crippen LogP contribution in [0.1, 0.15) is 37.7 Å². The number of nitrogens with zero attached hydrogens (tertiary/aromatic N) is 3. The van der Waals surface area contributed by atoms with Crippen LogP contribution < -0.4 is 16.0 Å². The molecule has 2 saturated heterocycles. The third-order valence-corrected chi connectivity index (χ3v) is 8.57. The fraction of sp³-hybridized carbons (Fsp3) is 0.640. The highest BCUT2D eigenvalue weighted by Crippen LogP contribution is 2.32. The average Bonchev–Trinajstić information content (AvgIpc) is 3.70. The third-order valence-electron chi connectivity index (χ3n) is 7.83. The highest BCUT2D eigenvalue weighted by atomic mass is 35.5. The van der Waals surface area contributed by atoms with E-state index in [1.54, 1.807) is 17.0 Å². The van der Waals surface area contributed by atoms with Crippen LogP contribution >= 0.6 is 23.2 Å². The number of piperazine rings is 1. The van der Waals surface area contributed by atoms with Crippen LogP contribution in [0.15, 0.2) is 18.2 Å². The summed E-state index contributed by atoms with van der Waals surface area (Å²) in [7, 11) is 0. The first-order chi connectivity index (χ1) is 17.4. The van der Waals surface area contributed by atoms with Crippen molar-refractivity contribution in [3.63, 3.8) is 0 Å². The fourth-order valence-electron chi connectivity index (χ4n) is 5.53. The molecule has 196 valence electrons. The topological polar surface area (TPSA) is 97.0 Å². The summed E-state index contributed by atoms with van der Waals surface area (Å²) in [4.78, 5) is 44.2. The van der Waals surface area contributed by atoms with Crippen molar-refractivity contribution >= 4 is 41.0 Å². The maximum atomic E-state index is 13.3. The Morgan fingerprint density at radius 1 is 1.03 bits per heavy atom. The number of fused-ring (bicyclic) bond motifs is 1. The van der Waals surface area contributed by atoms with Gasteiger partial charge < -0.3 is 20.4 Å². The number of urea groups is 1. The Bertz CT molecular complexity index is 998. The first-order valence-electron chi connectivity index (χ1n) is 12.9. The number of halogens is 2. The number of hydrogen-bond donors (Lipinski definition) is 3. The quantitative estimate of drug-likeness (QED) is 0.516. The van der Waals surface area contributed by atoms with Crippen LogP contribution in [-0.2, 0) is 16.1 Å². The summed E-state index contributed by atoms with van der Waals surface area (Å²) in [6.07, 6.45) is 4.95. The Morgan fingerprint density at radius 3 is 2.53 bits per heavy atom. The van der Waals surface area contributed by atoms with Crippen molar-refractivity contribution in [1.82, 2.24) is 30.7 Å². The number of carbonyl (C=O) groups excluding carboxylic acids is 3. The van der Waals surface area contributed by atoms with Crippen molar-refractivity contribution in [3.8, 4) is 0 Å². The first kappa shape index (κ1) is 25.6. The lowest BCUT2D eigenvalue weighted by Crippen LogP contribution is -2.62. The minimum absolute atomic E-state index is 0.0236. The zero-order valence-corrected chi connectivity index (χ0v) is 21.9. The van der Waals surface area contributed by atoms with Crippen LogP contribution in [-0.4, -0.2) is 90.1 Å². The Labute approximate surface area is 221 Å². The highest BCUT2D eigenvalue weighted by molar-refractivity contribution is 6.42. The summed E-state index contributed by atoms with van der Waals surface area (Å²) >= 11 is 12.0. The number of benzene rings is 1. The van der Waals surface area contributed by atoms with E-state index in [0.29, 0.717) is 35.3 Å².